The Bertz CT molecular complexity index is 390. The zero-order valence-corrected chi connectivity index (χ0v) is 11.4. The molecule has 0 bridgehead atoms. The standard InChI is InChI=1S/C13H17BrO3/c1-2-10-8-9(4-3-7-14)5-6-11(10)12(15)13(16)17/h5-6,8,12,15H,2-4,7H2,1H3,(H,16,17). The largest absolute Gasteiger partial charge is 0.479 e. The minimum atomic E-state index is -1.42. The number of aliphatic carboxylic acids is 1. The van der Waals surface area contributed by atoms with E-state index in [0.717, 1.165) is 30.2 Å². The van der Waals surface area contributed by atoms with Crippen molar-refractivity contribution in [2.75, 3.05) is 5.33 Å². The van der Waals surface area contributed by atoms with Crippen LogP contribution in [0.4, 0.5) is 0 Å². The van der Waals surface area contributed by atoms with Crippen LogP contribution in [0.2, 0.25) is 0 Å². The molecule has 0 amide bonds. The Morgan fingerprint density at radius 1 is 1.47 bits per heavy atom. The maximum absolute atomic E-state index is 10.8. The quantitative estimate of drug-likeness (QED) is 0.794. The lowest BCUT2D eigenvalue weighted by atomic mass is 9.96. The molecule has 0 aromatic heterocycles. The van der Waals surface area contributed by atoms with Gasteiger partial charge in [-0.3, -0.25) is 0 Å². The van der Waals surface area contributed by atoms with Gasteiger partial charge in [-0.2, -0.15) is 0 Å². The minimum Gasteiger partial charge on any atom is -0.479 e. The molecule has 0 fully saturated rings. The normalized spacial score (nSPS) is 12.4. The molecule has 0 spiro atoms. The zero-order valence-electron chi connectivity index (χ0n) is 9.82. The fourth-order valence-corrected chi connectivity index (χ4v) is 2.07. The number of hydrogen-bond acceptors (Lipinski definition) is 2. The van der Waals surface area contributed by atoms with E-state index in [9.17, 15) is 9.90 Å². The zero-order chi connectivity index (χ0) is 12.8. The first-order valence-electron chi connectivity index (χ1n) is 5.68. The monoisotopic (exact) mass is 300 g/mol. The van der Waals surface area contributed by atoms with Gasteiger partial charge in [-0.05, 0) is 36.0 Å². The van der Waals surface area contributed by atoms with Crippen LogP contribution in [0.1, 0.15) is 36.1 Å². The van der Waals surface area contributed by atoms with Crippen molar-refractivity contribution in [1.82, 2.24) is 0 Å². The first kappa shape index (κ1) is 14.2. The molecule has 2 N–H and O–H groups in total. The van der Waals surface area contributed by atoms with Gasteiger partial charge < -0.3 is 10.2 Å². The molecule has 0 aliphatic carbocycles. The summed E-state index contributed by atoms with van der Waals surface area (Å²) >= 11 is 3.38. The highest BCUT2D eigenvalue weighted by Crippen LogP contribution is 2.21. The van der Waals surface area contributed by atoms with Crippen LogP contribution in [0.5, 0.6) is 0 Å². The van der Waals surface area contributed by atoms with E-state index < -0.39 is 12.1 Å². The topological polar surface area (TPSA) is 57.5 Å². The number of alkyl halides is 1. The Morgan fingerprint density at radius 2 is 2.18 bits per heavy atom. The van der Waals surface area contributed by atoms with Crippen LogP contribution >= 0.6 is 15.9 Å². The van der Waals surface area contributed by atoms with Gasteiger partial charge in [-0.1, -0.05) is 41.1 Å². The highest BCUT2D eigenvalue weighted by molar-refractivity contribution is 9.09. The van der Waals surface area contributed by atoms with Gasteiger partial charge in [-0.15, -0.1) is 0 Å². The van der Waals surface area contributed by atoms with E-state index in [1.165, 1.54) is 5.56 Å². The van der Waals surface area contributed by atoms with Crippen molar-refractivity contribution in [3.63, 3.8) is 0 Å². The highest BCUT2D eigenvalue weighted by atomic mass is 79.9. The summed E-state index contributed by atoms with van der Waals surface area (Å²) in [5, 5.41) is 19.3. The third-order valence-corrected chi connectivity index (χ3v) is 3.28. The van der Waals surface area contributed by atoms with Crippen LogP contribution in [0.3, 0.4) is 0 Å². The third kappa shape index (κ3) is 3.82. The fourth-order valence-electron chi connectivity index (χ4n) is 1.79. The number of hydrogen-bond donors (Lipinski definition) is 2. The molecular weight excluding hydrogens is 284 g/mol. The van der Waals surface area contributed by atoms with E-state index in [0.29, 0.717) is 5.56 Å². The van der Waals surface area contributed by atoms with Crippen LogP contribution in [-0.4, -0.2) is 21.5 Å². The average molecular weight is 301 g/mol. The number of aryl methyl sites for hydroxylation is 2. The van der Waals surface area contributed by atoms with Crippen LogP contribution in [-0.2, 0) is 17.6 Å². The highest BCUT2D eigenvalue weighted by Gasteiger charge is 2.18. The molecule has 0 saturated carbocycles. The van der Waals surface area contributed by atoms with Crippen LogP contribution in [0, 0.1) is 0 Å². The second-order valence-electron chi connectivity index (χ2n) is 3.92. The lowest BCUT2D eigenvalue weighted by molar-refractivity contribution is -0.147. The maximum atomic E-state index is 10.8. The second kappa shape index (κ2) is 6.77. The molecule has 4 heteroatoms. The Labute approximate surface area is 110 Å². The summed E-state index contributed by atoms with van der Waals surface area (Å²) in [6.07, 6.45) is 1.31. The molecule has 0 saturated heterocycles. The fraction of sp³-hybridized carbons (Fsp3) is 0.462. The number of rotatable bonds is 6. The molecular formula is C13H17BrO3. The summed E-state index contributed by atoms with van der Waals surface area (Å²) < 4.78 is 0. The lowest BCUT2D eigenvalue weighted by Crippen LogP contribution is -2.12. The number of aliphatic hydroxyl groups excluding tert-OH is 1. The summed E-state index contributed by atoms with van der Waals surface area (Å²) in [6, 6.07) is 5.61. The molecule has 3 nitrogen and oxygen atoms in total. The molecule has 0 heterocycles. The molecule has 17 heavy (non-hydrogen) atoms. The second-order valence-corrected chi connectivity index (χ2v) is 4.71. The summed E-state index contributed by atoms with van der Waals surface area (Å²) in [4.78, 5) is 10.8. The minimum absolute atomic E-state index is 0.502. The van der Waals surface area contributed by atoms with Crippen molar-refractivity contribution < 1.29 is 15.0 Å². The lowest BCUT2D eigenvalue weighted by Gasteiger charge is -2.13. The van der Waals surface area contributed by atoms with Crippen molar-refractivity contribution in [3.8, 4) is 0 Å². The molecule has 1 aromatic rings. The van der Waals surface area contributed by atoms with Gasteiger partial charge in [0.2, 0.25) is 0 Å². The van der Waals surface area contributed by atoms with Gasteiger partial charge in [0.15, 0.2) is 6.10 Å². The van der Waals surface area contributed by atoms with Crippen molar-refractivity contribution in [2.24, 2.45) is 0 Å². The molecule has 0 aliphatic rings. The number of carboxylic acid groups (broad SMARTS) is 1. The van der Waals surface area contributed by atoms with Gasteiger partial charge in [0.05, 0.1) is 0 Å². The van der Waals surface area contributed by atoms with E-state index in [1.807, 2.05) is 19.1 Å². The Morgan fingerprint density at radius 3 is 2.71 bits per heavy atom. The molecule has 1 unspecified atom stereocenters. The predicted molar refractivity (Wildman–Crippen MR) is 70.5 cm³/mol. The predicted octanol–water partition coefficient (Wildman–Crippen LogP) is 2.69. The number of aliphatic hydroxyl groups is 1. The van der Waals surface area contributed by atoms with Crippen molar-refractivity contribution in [2.45, 2.75) is 32.3 Å². The van der Waals surface area contributed by atoms with Gasteiger partial charge in [0.1, 0.15) is 0 Å². The Kier molecular flexibility index (Phi) is 5.65. The Hall–Kier alpha value is -0.870. The molecule has 1 rings (SSSR count). The molecule has 94 valence electrons. The third-order valence-electron chi connectivity index (χ3n) is 2.72. The van der Waals surface area contributed by atoms with Crippen molar-refractivity contribution in [1.29, 1.82) is 0 Å². The van der Waals surface area contributed by atoms with E-state index >= 15 is 0 Å². The first-order chi connectivity index (χ1) is 8.10. The van der Waals surface area contributed by atoms with E-state index in [1.54, 1.807) is 6.07 Å². The smallest absolute Gasteiger partial charge is 0.337 e. The van der Waals surface area contributed by atoms with E-state index in [4.69, 9.17) is 5.11 Å². The molecule has 0 aliphatic heterocycles. The summed E-state index contributed by atoms with van der Waals surface area (Å²) in [5.41, 5.74) is 2.59. The molecule has 0 radical (unpaired) electrons. The van der Waals surface area contributed by atoms with E-state index in [-0.39, 0.29) is 0 Å². The van der Waals surface area contributed by atoms with Crippen LogP contribution in [0.15, 0.2) is 18.2 Å². The summed E-state index contributed by atoms with van der Waals surface area (Å²) in [6.45, 7) is 1.96. The number of carboxylic acids is 1. The van der Waals surface area contributed by atoms with Crippen molar-refractivity contribution >= 4 is 21.9 Å². The van der Waals surface area contributed by atoms with Gasteiger partial charge in [0.25, 0.3) is 0 Å². The SMILES string of the molecule is CCc1cc(CCCBr)ccc1C(O)C(=O)O. The first-order valence-corrected chi connectivity index (χ1v) is 6.80. The number of halogens is 1. The summed E-state index contributed by atoms with van der Waals surface area (Å²) in [5.74, 6) is -1.20. The molecule has 1 atom stereocenters. The average Bonchev–Trinajstić information content (AvgIpc) is 2.34. The van der Waals surface area contributed by atoms with Gasteiger partial charge in [-0.25, -0.2) is 4.79 Å². The van der Waals surface area contributed by atoms with Crippen LogP contribution in [0.25, 0.3) is 0 Å². The maximum Gasteiger partial charge on any atom is 0.337 e. The number of benzene rings is 1. The number of carbonyl (C=O) groups is 1. The van der Waals surface area contributed by atoms with Gasteiger partial charge >= 0.3 is 5.97 Å². The van der Waals surface area contributed by atoms with Crippen LogP contribution < -0.4 is 0 Å². The Balaban J connectivity index is 2.96. The van der Waals surface area contributed by atoms with Crippen molar-refractivity contribution in [3.05, 3.63) is 34.9 Å². The summed E-state index contributed by atoms with van der Waals surface area (Å²) in [7, 11) is 0. The van der Waals surface area contributed by atoms with E-state index in [2.05, 4.69) is 15.9 Å². The molecule has 1 aromatic carbocycles. The van der Waals surface area contributed by atoms with Gasteiger partial charge in [0, 0.05) is 5.33 Å².